The summed E-state index contributed by atoms with van der Waals surface area (Å²) in [6.07, 6.45) is -0.240. The van der Waals surface area contributed by atoms with E-state index in [9.17, 15) is 9.59 Å². The number of hydrogen-bond acceptors (Lipinski definition) is 5. The van der Waals surface area contributed by atoms with Gasteiger partial charge in [-0.25, -0.2) is 0 Å². The summed E-state index contributed by atoms with van der Waals surface area (Å²) >= 11 is 0. The first-order valence-electron chi connectivity index (χ1n) is 9.14. The van der Waals surface area contributed by atoms with Crippen LogP contribution in [-0.4, -0.2) is 36.8 Å². The lowest BCUT2D eigenvalue weighted by Gasteiger charge is -2.14. The number of rotatable bonds is 12. The van der Waals surface area contributed by atoms with E-state index in [0.717, 1.165) is 5.56 Å². The summed E-state index contributed by atoms with van der Waals surface area (Å²) in [4.78, 5) is 22.2. The Balaban J connectivity index is 1.81. The van der Waals surface area contributed by atoms with E-state index in [1.54, 1.807) is 0 Å². The minimum absolute atomic E-state index is 0.0502. The molecule has 0 radical (unpaired) electrons. The van der Waals surface area contributed by atoms with Crippen molar-refractivity contribution < 1.29 is 28.9 Å². The molecule has 0 aromatic heterocycles. The van der Waals surface area contributed by atoms with Crippen LogP contribution in [-0.2, 0) is 16.1 Å². The summed E-state index contributed by atoms with van der Waals surface area (Å²) in [5.74, 6) is 0.682. The molecule has 7 heteroatoms. The molecule has 150 valence electrons. The molecule has 2 aromatic carbocycles. The molecule has 28 heavy (non-hydrogen) atoms. The summed E-state index contributed by atoms with van der Waals surface area (Å²) in [5, 5.41) is 11.3. The van der Waals surface area contributed by atoms with Crippen molar-refractivity contribution in [2.24, 2.45) is 0 Å². The molecule has 1 amide bonds. The highest BCUT2D eigenvalue weighted by atomic mass is 16.5. The lowest BCUT2D eigenvalue weighted by Crippen LogP contribution is -2.23. The van der Waals surface area contributed by atoms with Gasteiger partial charge in [-0.1, -0.05) is 30.3 Å². The van der Waals surface area contributed by atoms with Crippen LogP contribution < -0.4 is 19.5 Å². The van der Waals surface area contributed by atoms with E-state index >= 15 is 0 Å². The number of nitrogens with one attached hydrogen (secondary N) is 1. The molecule has 0 saturated carbocycles. The molecule has 0 aliphatic carbocycles. The Kier molecular flexibility index (Phi) is 8.65. The van der Waals surface area contributed by atoms with Crippen molar-refractivity contribution in [3.05, 3.63) is 54.1 Å². The topological polar surface area (TPSA) is 94.1 Å². The van der Waals surface area contributed by atoms with Crippen molar-refractivity contribution in [1.29, 1.82) is 0 Å². The van der Waals surface area contributed by atoms with Gasteiger partial charge in [0.25, 0.3) is 0 Å². The van der Waals surface area contributed by atoms with Crippen LogP contribution in [0.1, 0.15) is 25.3 Å². The van der Waals surface area contributed by atoms with Crippen LogP contribution in [0.15, 0.2) is 48.5 Å². The van der Waals surface area contributed by atoms with Gasteiger partial charge in [0.1, 0.15) is 19.0 Å². The zero-order valence-electron chi connectivity index (χ0n) is 15.8. The zero-order valence-corrected chi connectivity index (χ0v) is 15.8. The predicted octanol–water partition coefficient (Wildman–Crippen LogP) is 3.02. The van der Waals surface area contributed by atoms with E-state index < -0.39 is 5.97 Å². The second-order valence-electron chi connectivity index (χ2n) is 5.85. The maximum Gasteiger partial charge on any atom is 0.303 e. The Hall–Kier alpha value is -3.22. The van der Waals surface area contributed by atoms with E-state index in [2.05, 4.69) is 5.32 Å². The molecule has 0 saturated heterocycles. The van der Waals surface area contributed by atoms with E-state index in [-0.39, 0.29) is 25.3 Å². The number of benzene rings is 2. The van der Waals surface area contributed by atoms with Gasteiger partial charge in [-0.15, -0.1) is 0 Å². The number of aliphatic carboxylic acids is 1. The third-order valence-corrected chi connectivity index (χ3v) is 3.76. The van der Waals surface area contributed by atoms with Crippen molar-refractivity contribution in [1.82, 2.24) is 5.32 Å². The quantitative estimate of drug-likeness (QED) is 0.544. The molecule has 0 heterocycles. The number of carboxylic acid groups (broad SMARTS) is 1. The van der Waals surface area contributed by atoms with Crippen molar-refractivity contribution >= 4 is 11.9 Å². The standard InChI is InChI=1S/C21H25NO6/c1-2-26-18-9-5-6-10-19(18)28-14-13-27-17-8-4-3-7-16(17)15-22-20(23)11-12-21(24)25/h3-10H,2,11-15H2,1H3,(H,22,23)(H,24,25). The van der Waals surface area contributed by atoms with Gasteiger partial charge in [0.15, 0.2) is 11.5 Å². The van der Waals surface area contributed by atoms with Gasteiger partial charge in [0.2, 0.25) is 5.91 Å². The molecule has 2 N–H and O–H groups in total. The highest BCUT2D eigenvalue weighted by molar-refractivity contribution is 5.80. The number of ether oxygens (including phenoxy) is 3. The van der Waals surface area contributed by atoms with Crippen LogP contribution >= 0.6 is 0 Å². The Morgan fingerprint density at radius 3 is 2.07 bits per heavy atom. The lowest BCUT2D eigenvalue weighted by molar-refractivity contribution is -0.138. The van der Waals surface area contributed by atoms with Crippen LogP contribution in [0.2, 0.25) is 0 Å². The van der Waals surface area contributed by atoms with Crippen LogP contribution in [0.4, 0.5) is 0 Å². The van der Waals surface area contributed by atoms with Crippen LogP contribution in [0.3, 0.4) is 0 Å². The monoisotopic (exact) mass is 387 g/mol. The average molecular weight is 387 g/mol. The van der Waals surface area contributed by atoms with Gasteiger partial charge >= 0.3 is 5.97 Å². The Bertz CT molecular complexity index is 777. The SMILES string of the molecule is CCOc1ccccc1OCCOc1ccccc1CNC(=O)CCC(=O)O. The third kappa shape index (κ3) is 7.19. The summed E-state index contributed by atoms with van der Waals surface area (Å²) in [6.45, 7) is 3.40. The fraction of sp³-hybridized carbons (Fsp3) is 0.333. The fourth-order valence-corrected chi connectivity index (χ4v) is 2.44. The first-order chi connectivity index (χ1) is 13.6. The van der Waals surface area contributed by atoms with Gasteiger partial charge in [0, 0.05) is 18.5 Å². The number of carboxylic acids is 1. The number of amides is 1. The number of hydrogen-bond donors (Lipinski definition) is 2. The van der Waals surface area contributed by atoms with Crippen molar-refractivity contribution in [2.45, 2.75) is 26.3 Å². The molecule has 2 rings (SSSR count). The van der Waals surface area contributed by atoms with Gasteiger partial charge in [0.05, 0.1) is 13.0 Å². The van der Waals surface area contributed by atoms with Gasteiger partial charge < -0.3 is 24.6 Å². The molecule has 0 spiro atoms. The van der Waals surface area contributed by atoms with E-state index in [1.165, 1.54) is 0 Å². The number of para-hydroxylation sites is 3. The molecule has 2 aromatic rings. The summed E-state index contributed by atoms with van der Waals surface area (Å²) < 4.78 is 17.0. The Morgan fingerprint density at radius 2 is 1.43 bits per heavy atom. The van der Waals surface area contributed by atoms with Crippen LogP contribution in [0, 0.1) is 0 Å². The van der Waals surface area contributed by atoms with E-state index in [4.69, 9.17) is 19.3 Å². The molecule has 0 atom stereocenters. The average Bonchev–Trinajstić information content (AvgIpc) is 2.70. The zero-order chi connectivity index (χ0) is 20.2. The normalized spacial score (nSPS) is 10.2. The maximum atomic E-state index is 11.7. The van der Waals surface area contributed by atoms with E-state index in [0.29, 0.717) is 37.1 Å². The molecule has 0 aliphatic heterocycles. The van der Waals surface area contributed by atoms with Crippen LogP contribution in [0.25, 0.3) is 0 Å². The predicted molar refractivity (Wildman–Crippen MR) is 104 cm³/mol. The maximum absolute atomic E-state index is 11.7. The Morgan fingerprint density at radius 1 is 0.857 bits per heavy atom. The molecular formula is C21H25NO6. The third-order valence-electron chi connectivity index (χ3n) is 3.76. The minimum Gasteiger partial charge on any atom is -0.490 e. The van der Waals surface area contributed by atoms with Crippen molar-refractivity contribution in [2.75, 3.05) is 19.8 Å². The smallest absolute Gasteiger partial charge is 0.303 e. The highest BCUT2D eigenvalue weighted by Gasteiger charge is 2.08. The van der Waals surface area contributed by atoms with Gasteiger partial charge in [-0.3, -0.25) is 9.59 Å². The summed E-state index contributed by atoms with van der Waals surface area (Å²) in [6, 6.07) is 14.8. The first-order valence-corrected chi connectivity index (χ1v) is 9.14. The second-order valence-corrected chi connectivity index (χ2v) is 5.85. The van der Waals surface area contributed by atoms with Gasteiger partial charge in [-0.2, -0.15) is 0 Å². The molecular weight excluding hydrogens is 362 g/mol. The molecule has 0 bridgehead atoms. The van der Waals surface area contributed by atoms with Crippen molar-refractivity contribution in [3.63, 3.8) is 0 Å². The van der Waals surface area contributed by atoms with Crippen LogP contribution in [0.5, 0.6) is 17.2 Å². The summed E-state index contributed by atoms with van der Waals surface area (Å²) in [5.41, 5.74) is 0.806. The largest absolute Gasteiger partial charge is 0.490 e. The fourth-order valence-electron chi connectivity index (χ4n) is 2.44. The first kappa shape index (κ1) is 21.1. The Labute approximate surface area is 164 Å². The molecule has 0 fully saturated rings. The molecule has 7 nitrogen and oxygen atoms in total. The second kappa shape index (κ2) is 11.5. The van der Waals surface area contributed by atoms with E-state index in [1.807, 2.05) is 55.5 Å². The van der Waals surface area contributed by atoms with Crippen molar-refractivity contribution in [3.8, 4) is 17.2 Å². The lowest BCUT2D eigenvalue weighted by atomic mass is 10.2. The van der Waals surface area contributed by atoms with Gasteiger partial charge in [-0.05, 0) is 25.1 Å². The summed E-state index contributed by atoms with van der Waals surface area (Å²) in [7, 11) is 0. The minimum atomic E-state index is -0.996. The number of carbonyl (C=O) groups is 2. The highest BCUT2D eigenvalue weighted by Crippen LogP contribution is 2.26. The molecule has 0 unspecified atom stereocenters. The molecule has 0 aliphatic rings. The number of carbonyl (C=O) groups excluding carboxylic acids is 1.